The Morgan fingerprint density at radius 1 is 0.356 bits per heavy atom. The monoisotopic (exact) mass is 1450 g/mol. The third-order valence-corrected chi connectivity index (χ3v) is 18.9. The molecule has 9 N–H and O–H groups in total. The van der Waals surface area contributed by atoms with E-state index in [-0.39, 0.29) is 18.9 Å². The molecule has 2 saturated heterocycles. The molecule has 0 aliphatic carbocycles. The Kier molecular flexibility index (Phi) is 65.4. The normalized spacial score (nSPS) is 22.4. The molecule has 592 valence electrons. The van der Waals surface area contributed by atoms with Gasteiger partial charge in [-0.25, -0.2) is 0 Å². The molecule has 14 nitrogen and oxygen atoms in total. The van der Waals surface area contributed by atoms with Gasteiger partial charge in [0.2, 0.25) is 5.91 Å². The van der Waals surface area contributed by atoms with E-state index in [0.29, 0.717) is 12.8 Å². The van der Waals surface area contributed by atoms with Crippen molar-refractivity contribution in [2.24, 2.45) is 0 Å². The minimum Gasteiger partial charge on any atom is -0.394 e. The van der Waals surface area contributed by atoms with Gasteiger partial charge in [-0.05, 0) is 122 Å². The fourth-order valence-electron chi connectivity index (χ4n) is 12.4. The maximum Gasteiger partial charge on any atom is 0.220 e. The van der Waals surface area contributed by atoms with E-state index in [2.05, 4.69) is 177 Å². The number of aliphatic hydroxyl groups is 8. The second kappa shape index (κ2) is 71.3. The highest BCUT2D eigenvalue weighted by Gasteiger charge is 2.51. The molecule has 0 spiro atoms. The SMILES string of the molecule is CC/C=C\C/C=C\C/C=C\C/C=C\C/C=C\C/C=C\C/C=C\C/C=C\C/C=C\C/C=C\C/C=C\C/C=C\CCCCC(=O)NC(COC1OC(CO)C(OC2OC(CO)C(O)C(O)C2O)C(O)C1O)C(O)/C=C/CC/C=C/CCCCCCCCCCCCCCCCCCCCCCCCCCC. The van der Waals surface area contributed by atoms with Crippen LogP contribution < -0.4 is 5.32 Å². The summed E-state index contributed by atoms with van der Waals surface area (Å²) in [4.78, 5) is 13.4. The zero-order valence-corrected chi connectivity index (χ0v) is 64.9. The molecule has 0 aromatic heterocycles. The second-order valence-corrected chi connectivity index (χ2v) is 28.2. The molecule has 1 amide bonds. The van der Waals surface area contributed by atoms with Crippen LogP contribution in [0.4, 0.5) is 0 Å². The summed E-state index contributed by atoms with van der Waals surface area (Å²) in [5, 5.41) is 87.6. The summed E-state index contributed by atoms with van der Waals surface area (Å²) in [6.45, 7) is 2.66. The Labute approximate surface area is 632 Å². The number of hydrogen-bond acceptors (Lipinski definition) is 13. The highest BCUT2D eigenvalue weighted by Crippen LogP contribution is 2.30. The Hall–Kier alpha value is -4.65. The number of nitrogens with one attached hydrogen (secondary N) is 1. The largest absolute Gasteiger partial charge is 0.394 e. The van der Waals surface area contributed by atoms with E-state index in [1.54, 1.807) is 6.08 Å². The van der Waals surface area contributed by atoms with Crippen LogP contribution in [0.1, 0.15) is 296 Å². The molecule has 12 unspecified atom stereocenters. The van der Waals surface area contributed by atoms with E-state index < -0.39 is 86.8 Å². The number of ether oxygens (including phenoxy) is 4. The summed E-state index contributed by atoms with van der Waals surface area (Å²) in [6.07, 6.45) is 94.4. The molecule has 2 rings (SSSR count). The summed E-state index contributed by atoms with van der Waals surface area (Å²) < 4.78 is 22.9. The summed E-state index contributed by atoms with van der Waals surface area (Å²) in [5.41, 5.74) is 0. The minimum atomic E-state index is -1.81. The van der Waals surface area contributed by atoms with Crippen LogP contribution in [0.2, 0.25) is 0 Å². The fourth-order valence-corrected chi connectivity index (χ4v) is 12.4. The number of hydrogen-bond donors (Lipinski definition) is 9. The van der Waals surface area contributed by atoms with Crippen LogP contribution in [0.3, 0.4) is 0 Å². The lowest BCUT2D eigenvalue weighted by atomic mass is 9.97. The summed E-state index contributed by atoms with van der Waals surface area (Å²) in [6, 6.07) is -0.971. The molecule has 2 aliphatic heterocycles. The number of carbonyl (C=O) groups excluding carboxylic acids is 1. The lowest BCUT2D eigenvalue weighted by molar-refractivity contribution is -0.359. The van der Waals surface area contributed by atoms with Crippen LogP contribution in [0.25, 0.3) is 0 Å². The number of amides is 1. The minimum absolute atomic E-state index is 0.207. The molecule has 2 aliphatic rings. The third-order valence-electron chi connectivity index (χ3n) is 18.9. The van der Waals surface area contributed by atoms with Crippen molar-refractivity contribution in [1.82, 2.24) is 5.32 Å². The maximum atomic E-state index is 13.4. The van der Waals surface area contributed by atoms with Gasteiger partial charge in [0, 0.05) is 6.42 Å². The van der Waals surface area contributed by atoms with Gasteiger partial charge in [-0.3, -0.25) is 4.79 Å². The Balaban J connectivity index is 1.67. The summed E-state index contributed by atoms with van der Waals surface area (Å²) >= 11 is 0. The molecule has 2 heterocycles. The van der Waals surface area contributed by atoms with Gasteiger partial charge in [-0.15, -0.1) is 0 Å². The average Bonchev–Trinajstić information content (AvgIpc) is 0.791. The van der Waals surface area contributed by atoms with Gasteiger partial charge in [0.15, 0.2) is 12.6 Å². The first kappa shape index (κ1) is 95.4. The quantitative estimate of drug-likeness (QED) is 0.0204. The zero-order chi connectivity index (χ0) is 75.1. The van der Waals surface area contributed by atoms with Crippen LogP contribution in [0.15, 0.2) is 170 Å². The van der Waals surface area contributed by atoms with Crippen LogP contribution in [0.5, 0.6) is 0 Å². The highest BCUT2D eigenvalue weighted by molar-refractivity contribution is 5.76. The van der Waals surface area contributed by atoms with E-state index in [4.69, 9.17) is 18.9 Å². The van der Waals surface area contributed by atoms with Gasteiger partial charge in [0.1, 0.15) is 48.8 Å². The molecule has 104 heavy (non-hydrogen) atoms. The molecule has 0 aromatic carbocycles. The van der Waals surface area contributed by atoms with E-state index in [9.17, 15) is 45.6 Å². The van der Waals surface area contributed by atoms with E-state index >= 15 is 0 Å². The fraction of sp³-hybridized carbons (Fsp3) is 0.678. The van der Waals surface area contributed by atoms with Crippen molar-refractivity contribution in [2.75, 3.05) is 19.8 Å². The Morgan fingerprint density at radius 2 is 0.673 bits per heavy atom. The van der Waals surface area contributed by atoms with Crippen molar-refractivity contribution < 1.29 is 64.6 Å². The predicted octanol–water partition coefficient (Wildman–Crippen LogP) is 19.5. The van der Waals surface area contributed by atoms with Crippen molar-refractivity contribution in [3.8, 4) is 0 Å². The number of rotatable bonds is 67. The predicted molar refractivity (Wildman–Crippen MR) is 433 cm³/mol. The first-order chi connectivity index (χ1) is 51.1. The van der Waals surface area contributed by atoms with E-state index in [0.717, 1.165) is 103 Å². The Morgan fingerprint density at radius 3 is 1.06 bits per heavy atom. The molecule has 0 bridgehead atoms. The van der Waals surface area contributed by atoms with Gasteiger partial charge in [0.25, 0.3) is 0 Å². The van der Waals surface area contributed by atoms with Crippen molar-refractivity contribution >= 4 is 5.91 Å². The van der Waals surface area contributed by atoms with Crippen molar-refractivity contribution in [3.63, 3.8) is 0 Å². The smallest absolute Gasteiger partial charge is 0.220 e. The number of carbonyl (C=O) groups is 1. The molecule has 12 atom stereocenters. The number of allylic oxidation sites excluding steroid dienone is 27. The van der Waals surface area contributed by atoms with Crippen molar-refractivity contribution in [1.29, 1.82) is 0 Å². The second-order valence-electron chi connectivity index (χ2n) is 28.2. The number of aliphatic hydroxyl groups excluding tert-OH is 8. The van der Waals surface area contributed by atoms with Gasteiger partial charge in [-0.2, -0.15) is 0 Å². The van der Waals surface area contributed by atoms with Gasteiger partial charge >= 0.3 is 0 Å². The van der Waals surface area contributed by atoms with E-state index in [1.165, 1.54) is 161 Å². The molecule has 0 aromatic rings. The van der Waals surface area contributed by atoms with Crippen molar-refractivity contribution in [3.05, 3.63) is 170 Å². The van der Waals surface area contributed by atoms with Gasteiger partial charge in [0.05, 0.1) is 32.0 Å². The molecule has 14 heteroatoms. The third kappa shape index (κ3) is 53.2. The van der Waals surface area contributed by atoms with Crippen LogP contribution in [-0.4, -0.2) is 140 Å². The molecule has 0 radical (unpaired) electrons. The molecule has 0 saturated carbocycles. The summed E-state index contributed by atoms with van der Waals surface area (Å²) in [5.74, 6) is -0.295. The molecular formula is C90H149NO13. The maximum absolute atomic E-state index is 13.4. The van der Waals surface area contributed by atoms with Crippen LogP contribution >= 0.6 is 0 Å². The average molecular weight is 1450 g/mol. The first-order valence-electron chi connectivity index (χ1n) is 41.4. The highest BCUT2D eigenvalue weighted by atomic mass is 16.7. The first-order valence-corrected chi connectivity index (χ1v) is 41.4. The number of unbranched alkanes of at least 4 members (excludes halogenated alkanes) is 28. The Bertz CT molecular complexity index is 2410. The lowest BCUT2D eigenvalue weighted by Gasteiger charge is -2.46. The zero-order valence-electron chi connectivity index (χ0n) is 64.9. The van der Waals surface area contributed by atoms with Gasteiger partial charge < -0.3 is 65.1 Å². The summed E-state index contributed by atoms with van der Waals surface area (Å²) in [7, 11) is 0. The van der Waals surface area contributed by atoms with Gasteiger partial charge in [-0.1, -0.05) is 338 Å². The van der Waals surface area contributed by atoms with Crippen LogP contribution in [-0.2, 0) is 23.7 Å². The lowest BCUT2D eigenvalue weighted by Crippen LogP contribution is -2.65. The van der Waals surface area contributed by atoms with Crippen molar-refractivity contribution in [2.45, 2.75) is 370 Å². The molecule has 2 fully saturated rings. The standard InChI is InChI=1S/C90H149NO13/c1-3-5-7-9-11-13-15-17-19-21-23-25-27-29-31-33-35-36-37-38-39-40-41-42-44-46-48-50-52-54-56-58-60-62-64-66-68-70-72-74-82(95)91-78(77-101-89-87(100)85(98)88(81(76-93)103-89)104-90-86(99)84(97)83(96)80(75-92)102-90)79(94)73-71-69-67-65-63-61-59-57-55-53-51-49-47-45-43-34-32-30-28-26-24-22-20-18-16-14-12-10-8-6-4-2/h5,7,11,13,17,19,23,25,29,31,35-36,38-39,41-42,46,48,52,54,58,60,63-66,71,73,78-81,83-90,92-94,96-100H,3-4,6,8-10,12,14-16,18,20-22,24,26-28,30,32-34,37,40,43-45,47,49-51,53,55-57,59,61-62,67-70,72,74-77H2,1-2H3,(H,91,95)/b7-5-,13-11-,19-17-,25-23-,31-29-,36-35-,39-38-,42-41-,48-46-,54-52-,60-58-,65-63+,66-64-,73-71+. The topological polar surface area (TPSA) is 228 Å². The van der Waals surface area contributed by atoms with E-state index in [1.807, 2.05) is 6.08 Å². The van der Waals surface area contributed by atoms with Crippen LogP contribution in [0, 0.1) is 0 Å². The molecular weight excluding hydrogens is 1300 g/mol.